The quantitative estimate of drug-likeness (QED) is 0.562. The van der Waals surface area contributed by atoms with Crippen LogP contribution in [0, 0.1) is 0 Å². The number of anilines is 1. The normalized spacial score (nSPS) is 11.0. The average molecular weight is 412 g/mol. The first-order valence-electron chi connectivity index (χ1n) is 9.55. The molecule has 0 aliphatic heterocycles. The number of fused-ring (bicyclic) bond motifs is 1. The molecule has 0 bridgehead atoms. The van der Waals surface area contributed by atoms with E-state index in [0.717, 1.165) is 10.1 Å². The molecule has 0 spiro atoms. The molecule has 3 aromatic rings. The summed E-state index contributed by atoms with van der Waals surface area (Å²) < 4.78 is 13.0. The molecule has 0 aliphatic carbocycles. The van der Waals surface area contributed by atoms with E-state index in [0.29, 0.717) is 32.1 Å². The second-order valence-corrected chi connectivity index (χ2v) is 6.68. The van der Waals surface area contributed by atoms with Crippen LogP contribution >= 0.6 is 0 Å². The van der Waals surface area contributed by atoms with Gasteiger partial charge in [-0.05, 0) is 36.8 Å². The number of ether oxygens (including phenoxy) is 2. The zero-order chi connectivity index (χ0) is 21.7. The molecule has 0 aliphatic rings. The predicted molar refractivity (Wildman–Crippen MR) is 113 cm³/mol. The molecule has 9 nitrogen and oxygen atoms in total. The highest BCUT2D eigenvalue weighted by Crippen LogP contribution is 2.14. The van der Waals surface area contributed by atoms with Crippen molar-refractivity contribution in [3.63, 3.8) is 0 Å². The van der Waals surface area contributed by atoms with E-state index in [9.17, 15) is 14.4 Å². The third-order valence-corrected chi connectivity index (χ3v) is 4.56. The Morgan fingerprint density at radius 2 is 1.83 bits per heavy atom. The van der Waals surface area contributed by atoms with Crippen molar-refractivity contribution in [3.8, 4) is 0 Å². The van der Waals surface area contributed by atoms with Gasteiger partial charge in [0, 0.05) is 26.4 Å². The van der Waals surface area contributed by atoms with Crippen LogP contribution in [0.3, 0.4) is 0 Å². The van der Waals surface area contributed by atoms with E-state index in [2.05, 4.69) is 10.3 Å². The number of hydrogen-bond acceptors (Lipinski definition) is 6. The first-order chi connectivity index (χ1) is 14.4. The van der Waals surface area contributed by atoms with Crippen LogP contribution in [0.25, 0.3) is 11.0 Å². The second-order valence-electron chi connectivity index (χ2n) is 6.68. The number of nitrogens with zero attached hydrogens (tertiary/aromatic N) is 3. The number of amides is 1. The highest BCUT2D eigenvalue weighted by Gasteiger charge is 2.14. The van der Waals surface area contributed by atoms with Crippen LogP contribution in [0.2, 0.25) is 0 Å². The van der Waals surface area contributed by atoms with Gasteiger partial charge in [-0.2, -0.15) is 0 Å². The maximum absolute atomic E-state index is 12.7. The Labute approximate surface area is 172 Å². The fourth-order valence-electron chi connectivity index (χ4n) is 2.97. The lowest BCUT2D eigenvalue weighted by atomic mass is 10.2. The zero-order valence-electron chi connectivity index (χ0n) is 17.2. The molecule has 3 rings (SSSR count). The van der Waals surface area contributed by atoms with E-state index in [1.54, 1.807) is 6.07 Å². The van der Waals surface area contributed by atoms with Crippen molar-refractivity contribution in [1.82, 2.24) is 14.1 Å². The number of aryl methyl sites for hydroxylation is 1. The summed E-state index contributed by atoms with van der Waals surface area (Å²) >= 11 is 0. The summed E-state index contributed by atoms with van der Waals surface area (Å²) in [6, 6.07) is 10.2. The van der Waals surface area contributed by atoms with Crippen LogP contribution in [0.15, 0.2) is 46.0 Å². The van der Waals surface area contributed by atoms with Gasteiger partial charge in [0.05, 0.1) is 25.2 Å². The summed E-state index contributed by atoms with van der Waals surface area (Å²) in [4.78, 5) is 41.3. The van der Waals surface area contributed by atoms with Crippen LogP contribution in [0.1, 0.15) is 23.0 Å². The molecule has 2 heterocycles. The highest BCUT2D eigenvalue weighted by molar-refractivity contribution is 6.03. The summed E-state index contributed by atoms with van der Waals surface area (Å²) in [5, 5.41) is 3.05. The average Bonchev–Trinajstić information content (AvgIpc) is 2.76. The van der Waals surface area contributed by atoms with Gasteiger partial charge in [0.15, 0.2) is 0 Å². The van der Waals surface area contributed by atoms with Gasteiger partial charge in [0.2, 0.25) is 0 Å². The largest absolute Gasteiger partial charge is 0.379 e. The third-order valence-electron chi connectivity index (χ3n) is 4.56. The number of carbonyl (C=O) groups excluding carboxylic acids is 1. The third kappa shape index (κ3) is 4.64. The molecule has 0 saturated heterocycles. The number of nitrogens with one attached hydrogen (secondary N) is 1. The molecule has 1 aromatic carbocycles. The van der Waals surface area contributed by atoms with Crippen LogP contribution in [-0.2, 0) is 30.2 Å². The van der Waals surface area contributed by atoms with Crippen molar-refractivity contribution in [3.05, 3.63) is 68.5 Å². The first-order valence-corrected chi connectivity index (χ1v) is 9.55. The number of benzene rings is 1. The van der Waals surface area contributed by atoms with E-state index in [1.165, 1.54) is 30.8 Å². The molecular weight excluding hydrogens is 388 g/mol. The Kier molecular flexibility index (Phi) is 6.76. The van der Waals surface area contributed by atoms with Gasteiger partial charge in [-0.25, -0.2) is 9.78 Å². The molecule has 1 amide bonds. The van der Waals surface area contributed by atoms with Crippen molar-refractivity contribution in [2.75, 3.05) is 25.1 Å². The first kappa shape index (κ1) is 21.4. The molecule has 30 heavy (non-hydrogen) atoms. The van der Waals surface area contributed by atoms with E-state index >= 15 is 0 Å². The molecule has 9 heteroatoms. The van der Waals surface area contributed by atoms with Gasteiger partial charge in [-0.3, -0.25) is 18.7 Å². The van der Waals surface area contributed by atoms with Crippen molar-refractivity contribution in [2.45, 2.75) is 13.5 Å². The minimum Gasteiger partial charge on any atom is -0.379 e. The molecule has 2 aromatic heterocycles. The Bertz CT molecular complexity index is 1180. The van der Waals surface area contributed by atoms with Crippen molar-refractivity contribution in [2.24, 2.45) is 14.1 Å². The van der Waals surface area contributed by atoms with Crippen molar-refractivity contribution >= 4 is 22.6 Å². The van der Waals surface area contributed by atoms with E-state index in [1.807, 2.05) is 25.1 Å². The Morgan fingerprint density at radius 3 is 2.60 bits per heavy atom. The summed E-state index contributed by atoms with van der Waals surface area (Å²) in [5.41, 5.74) is 0.794. The van der Waals surface area contributed by atoms with Crippen LogP contribution in [0.4, 0.5) is 5.69 Å². The van der Waals surface area contributed by atoms with Gasteiger partial charge in [-0.1, -0.05) is 12.1 Å². The van der Waals surface area contributed by atoms with Crippen molar-refractivity contribution in [1.29, 1.82) is 0 Å². The van der Waals surface area contributed by atoms with Gasteiger partial charge >= 0.3 is 5.69 Å². The summed E-state index contributed by atoms with van der Waals surface area (Å²) in [5.74, 6) is -0.445. The molecule has 0 saturated carbocycles. The smallest absolute Gasteiger partial charge is 0.332 e. The summed E-state index contributed by atoms with van der Waals surface area (Å²) in [7, 11) is 2.91. The number of pyridine rings is 1. The standard InChI is InChI=1S/C21H24N4O5/c1-4-29-10-11-30-13-14-6-5-7-15(12-14)22-19(26)17-9-8-16-18(23-17)24(2)21(28)25(3)20(16)27/h5-9,12H,4,10-11,13H2,1-3H3,(H,22,26). The Balaban J connectivity index is 1.76. The molecule has 158 valence electrons. The second kappa shape index (κ2) is 9.47. The fraction of sp³-hybridized carbons (Fsp3) is 0.333. The minimum atomic E-state index is -0.505. The zero-order valence-corrected chi connectivity index (χ0v) is 17.2. The highest BCUT2D eigenvalue weighted by atomic mass is 16.5. The topological polar surface area (TPSA) is 104 Å². The Hall–Kier alpha value is -3.30. The molecule has 0 unspecified atom stereocenters. The van der Waals surface area contributed by atoms with Crippen LogP contribution < -0.4 is 16.6 Å². The summed E-state index contributed by atoms with van der Waals surface area (Å²) in [6.45, 7) is 4.00. The number of hydrogen-bond donors (Lipinski definition) is 1. The SMILES string of the molecule is CCOCCOCc1cccc(NC(=O)c2ccc3c(=O)n(C)c(=O)n(C)c3n2)c1. The van der Waals surface area contributed by atoms with E-state index in [-0.39, 0.29) is 16.7 Å². The minimum absolute atomic E-state index is 0.101. The molecule has 1 N–H and O–H groups in total. The summed E-state index contributed by atoms with van der Waals surface area (Å²) in [6.07, 6.45) is 0. The molecule has 0 fully saturated rings. The van der Waals surface area contributed by atoms with Crippen LogP contribution in [-0.4, -0.2) is 39.8 Å². The molecule has 0 atom stereocenters. The lowest BCUT2D eigenvalue weighted by Crippen LogP contribution is -2.37. The van der Waals surface area contributed by atoms with Crippen LogP contribution in [0.5, 0.6) is 0 Å². The lowest BCUT2D eigenvalue weighted by Gasteiger charge is -2.10. The number of rotatable bonds is 8. The maximum Gasteiger partial charge on any atom is 0.332 e. The number of aromatic nitrogens is 3. The Morgan fingerprint density at radius 1 is 1.07 bits per heavy atom. The molecular formula is C21H24N4O5. The van der Waals surface area contributed by atoms with E-state index in [4.69, 9.17) is 9.47 Å². The van der Waals surface area contributed by atoms with Gasteiger partial charge < -0.3 is 14.8 Å². The van der Waals surface area contributed by atoms with E-state index < -0.39 is 17.2 Å². The maximum atomic E-state index is 12.7. The fourth-order valence-corrected chi connectivity index (χ4v) is 2.97. The van der Waals surface area contributed by atoms with Gasteiger partial charge in [-0.15, -0.1) is 0 Å². The van der Waals surface area contributed by atoms with Gasteiger partial charge in [0.1, 0.15) is 11.3 Å². The number of carbonyl (C=O) groups is 1. The lowest BCUT2D eigenvalue weighted by molar-refractivity contribution is 0.0453. The van der Waals surface area contributed by atoms with Crippen molar-refractivity contribution < 1.29 is 14.3 Å². The molecule has 0 radical (unpaired) electrons. The van der Waals surface area contributed by atoms with Gasteiger partial charge in [0.25, 0.3) is 11.5 Å². The monoisotopic (exact) mass is 412 g/mol. The predicted octanol–water partition coefficient (Wildman–Crippen LogP) is 1.44.